The zero-order valence-corrected chi connectivity index (χ0v) is 9.96. The maximum absolute atomic E-state index is 8.73. The molecule has 0 atom stereocenters. The molecule has 0 aliphatic heterocycles. The summed E-state index contributed by atoms with van der Waals surface area (Å²) >= 11 is 1.82. The van der Waals surface area contributed by atoms with E-state index in [1.807, 2.05) is 30.0 Å². The second kappa shape index (κ2) is 8.03. The van der Waals surface area contributed by atoms with E-state index in [4.69, 9.17) is 10.4 Å². The predicted octanol–water partition coefficient (Wildman–Crippen LogP) is 2.09. The van der Waals surface area contributed by atoms with Gasteiger partial charge in [-0.2, -0.15) is 17.0 Å². The van der Waals surface area contributed by atoms with Gasteiger partial charge in [0.15, 0.2) is 0 Å². The summed E-state index contributed by atoms with van der Waals surface area (Å²) in [6.07, 6.45) is 0.856. The van der Waals surface area contributed by atoms with Crippen LogP contribution in [0.25, 0.3) is 0 Å². The highest BCUT2D eigenvalue weighted by Gasteiger charge is 1.94. The van der Waals surface area contributed by atoms with E-state index >= 15 is 0 Å². The Bertz CT molecular complexity index is 349. The van der Waals surface area contributed by atoms with E-state index in [1.165, 1.54) is 0 Å². The summed E-state index contributed by atoms with van der Waals surface area (Å²) in [6.45, 7) is 1.15. The second-order valence-electron chi connectivity index (χ2n) is 3.31. The molecular weight excluding hydrogens is 220 g/mol. The predicted molar refractivity (Wildman–Crippen MR) is 68.7 cm³/mol. The van der Waals surface area contributed by atoms with Crippen molar-refractivity contribution in [3.8, 4) is 6.07 Å². The van der Waals surface area contributed by atoms with Gasteiger partial charge in [0.2, 0.25) is 0 Å². The van der Waals surface area contributed by atoms with Gasteiger partial charge in [0.25, 0.3) is 0 Å². The number of aliphatic hydroxyl groups is 1. The van der Waals surface area contributed by atoms with Crippen molar-refractivity contribution in [2.45, 2.75) is 6.42 Å². The summed E-state index contributed by atoms with van der Waals surface area (Å²) in [7, 11) is 0. The van der Waals surface area contributed by atoms with Crippen LogP contribution in [0.1, 0.15) is 12.0 Å². The van der Waals surface area contributed by atoms with E-state index in [0.29, 0.717) is 5.56 Å². The monoisotopic (exact) mass is 236 g/mol. The van der Waals surface area contributed by atoms with Crippen LogP contribution in [0.5, 0.6) is 0 Å². The lowest BCUT2D eigenvalue weighted by Gasteiger charge is -2.05. The minimum Gasteiger partial charge on any atom is -0.396 e. The Morgan fingerprint density at radius 3 is 3.00 bits per heavy atom. The molecule has 0 radical (unpaired) electrons. The van der Waals surface area contributed by atoms with Crippen molar-refractivity contribution in [3.63, 3.8) is 0 Å². The molecule has 16 heavy (non-hydrogen) atoms. The number of nitrogens with one attached hydrogen (secondary N) is 1. The summed E-state index contributed by atoms with van der Waals surface area (Å²) in [6, 6.07) is 9.58. The molecule has 1 aromatic rings. The van der Waals surface area contributed by atoms with Gasteiger partial charge in [-0.05, 0) is 30.4 Å². The minimum atomic E-state index is 0.268. The Hall–Kier alpha value is -1.18. The summed E-state index contributed by atoms with van der Waals surface area (Å²) in [5.41, 5.74) is 1.67. The molecule has 86 valence electrons. The number of benzene rings is 1. The molecule has 2 N–H and O–H groups in total. The van der Waals surface area contributed by atoms with Crippen molar-refractivity contribution >= 4 is 17.4 Å². The molecule has 0 amide bonds. The maximum Gasteiger partial charge on any atom is 0.0992 e. The zero-order valence-electron chi connectivity index (χ0n) is 9.15. The zero-order chi connectivity index (χ0) is 11.6. The highest BCUT2D eigenvalue weighted by molar-refractivity contribution is 7.99. The van der Waals surface area contributed by atoms with Gasteiger partial charge in [0, 0.05) is 24.6 Å². The molecule has 0 aliphatic rings. The fraction of sp³-hybridized carbons (Fsp3) is 0.417. The third-order valence-corrected chi connectivity index (χ3v) is 3.08. The Kier molecular flexibility index (Phi) is 6.47. The average molecular weight is 236 g/mol. The number of nitrogens with zero attached hydrogens (tertiary/aromatic N) is 1. The molecule has 0 heterocycles. The first kappa shape index (κ1) is 12.9. The summed E-state index contributed by atoms with van der Waals surface area (Å²) in [5.74, 6) is 2.01. The molecule has 1 aromatic carbocycles. The molecule has 0 bridgehead atoms. The summed E-state index contributed by atoms with van der Waals surface area (Å²) in [4.78, 5) is 0. The lowest BCUT2D eigenvalue weighted by Crippen LogP contribution is -2.04. The van der Waals surface area contributed by atoms with Crippen molar-refractivity contribution in [1.29, 1.82) is 5.26 Å². The first-order valence-electron chi connectivity index (χ1n) is 5.29. The minimum absolute atomic E-state index is 0.268. The molecule has 0 aromatic heterocycles. The van der Waals surface area contributed by atoms with E-state index in [1.54, 1.807) is 6.07 Å². The third kappa shape index (κ3) is 5.06. The van der Waals surface area contributed by atoms with E-state index in [2.05, 4.69) is 11.4 Å². The number of rotatable bonds is 7. The van der Waals surface area contributed by atoms with Gasteiger partial charge in [-0.3, -0.25) is 0 Å². The van der Waals surface area contributed by atoms with Crippen LogP contribution < -0.4 is 5.32 Å². The highest BCUT2D eigenvalue weighted by atomic mass is 32.2. The number of nitriles is 1. The number of anilines is 1. The van der Waals surface area contributed by atoms with Gasteiger partial charge >= 0.3 is 0 Å². The molecule has 4 heteroatoms. The average Bonchev–Trinajstić information content (AvgIpc) is 2.34. The van der Waals surface area contributed by atoms with Crippen LogP contribution in [-0.2, 0) is 0 Å². The summed E-state index contributed by atoms with van der Waals surface area (Å²) < 4.78 is 0. The number of thioether (sulfide) groups is 1. The molecule has 0 spiro atoms. The van der Waals surface area contributed by atoms with Crippen LogP contribution in [-0.4, -0.2) is 29.8 Å². The van der Waals surface area contributed by atoms with Crippen molar-refractivity contribution in [1.82, 2.24) is 0 Å². The molecular formula is C12H16N2OS. The first-order chi connectivity index (χ1) is 7.86. The fourth-order valence-corrected chi connectivity index (χ4v) is 2.02. The standard InChI is InChI=1S/C12H16N2OS/c13-10-11-3-1-4-12(9-11)14-5-8-16-7-2-6-15/h1,3-4,9,14-15H,2,5-8H2. The van der Waals surface area contributed by atoms with Crippen LogP contribution in [0.15, 0.2) is 24.3 Å². The third-order valence-electron chi connectivity index (χ3n) is 2.01. The Morgan fingerprint density at radius 2 is 2.25 bits per heavy atom. The topological polar surface area (TPSA) is 56.0 Å². The van der Waals surface area contributed by atoms with Crippen LogP contribution in [0.3, 0.4) is 0 Å². The quantitative estimate of drug-likeness (QED) is 0.712. The molecule has 0 unspecified atom stereocenters. The normalized spacial score (nSPS) is 9.75. The van der Waals surface area contributed by atoms with Gasteiger partial charge < -0.3 is 10.4 Å². The van der Waals surface area contributed by atoms with Gasteiger partial charge in [-0.15, -0.1) is 0 Å². The van der Waals surface area contributed by atoms with Crippen LogP contribution >= 0.6 is 11.8 Å². The van der Waals surface area contributed by atoms with E-state index in [0.717, 1.165) is 30.2 Å². The molecule has 0 aliphatic carbocycles. The van der Waals surface area contributed by atoms with Crippen molar-refractivity contribution in [3.05, 3.63) is 29.8 Å². The Morgan fingerprint density at radius 1 is 1.38 bits per heavy atom. The Labute approximate surface area is 100 Å². The smallest absolute Gasteiger partial charge is 0.0992 e. The SMILES string of the molecule is N#Cc1cccc(NCCSCCCO)c1. The van der Waals surface area contributed by atoms with Crippen LogP contribution in [0.2, 0.25) is 0 Å². The van der Waals surface area contributed by atoms with Crippen LogP contribution in [0, 0.1) is 11.3 Å². The Balaban J connectivity index is 2.19. The molecule has 1 rings (SSSR count). The van der Waals surface area contributed by atoms with E-state index in [-0.39, 0.29) is 6.61 Å². The van der Waals surface area contributed by atoms with Crippen molar-refractivity contribution in [2.75, 3.05) is 30.0 Å². The van der Waals surface area contributed by atoms with Crippen LogP contribution in [0.4, 0.5) is 5.69 Å². The number of hydrogen-bond donors (Lipinski definition) is 2. The number of hydrogen-bond acceptors (Lipinski definition) is 4. The van der Waals surface area contributed by atoms with Crippen molar-refractivity contribution < 1.29 is 5.11 Å². The van der Waals surface area contributed by atoms with E-state index in [9.17, 15) is 0 Å². The van der Waals surface area contributed by atoms with Crippen molar-refractivity contribution in [2.24, 2.45) is 0 Å². The molecule has 3 nitrogen and oxygen atoms in total. The van der Waals surface area contributed by atoms with Gasteiger partial charge in [0.1, 0.15) is 0 Å². The van der Waals surface area contributed by atoms with E-state index < -0.39 is 0 Å². The molecule has 0 saturated heterocycles. The number of aliphatic hydroxyl groups excluding tert-OH is 1. The summed E-state index contributed by atoms with van der Waals surface area (Å²) in [5, 5.41) is 20.6. The highest BCUT2D eigenvalue weighted by Crippen LogP contribution is 2.10. The fourth-order valence-electron chi connectivity index (χ4n) is 1.23. The van der Waals surface area contributed by atoms with Gasteiger partial charge in [-0.25, -0.2) is 0 Å². The lowest BCUT2D eigenvalue weighted by molar-refractivity contribution is 0.296. The first-order valence-corrected chi connectivity index (χ1v) is 6.45. The van der Waals surface area contributed by atoms with Gasteiger partial charge in [-0.1, -0.05) is 6.07 Å². The van der Waals surface area contributed by atoms with Gasteiger partial charge in [0.05, 0.1) is 11.6 Å². The lowest BCUT2D eigenvalue weighted by atomic mass is 10.2. The largest absolute Gasteiger partial charge is 0.396 e. The second-order valence-corrected chi connectivity index (χ2v) is 4.53. The molecule has 0 fully saturated rings. The maximum atomic E-state index is 8.73. The molecule has 0 saturated carbocycles.